The minimum Gasteiger partial charge on any atom is -0.493 e. The minimum atomic E-state index is 0.572. The van der Waals surface area contributed by atoms with Crippen molar-refractivity contribution in [2.75, 3.05) is 19.7 Å². The van der Waals surface area contributed by atoms with Crippen LogP contribution < -0.4 is 4.74 Å². The maximum atomic E-state index is 5.71. The smallest absolute Gasteiger partial charge is 0.122 e. The average Bonchev–Trinajstić information content (AvgIpc) is 3.39. The van der Waals surface area contributed by atoms with Gasteiger partial charge >= 0.3 is 0 Å². The van der Waals surface area contributed by atoms with Gasteiger partial charge in [0.05, 0.1) is 6.61 Å². The lowest BCUT2D eigenvalue weighted by atomic mass is 9.93. The molecule has 0 N–H and O–H groups in total. The first-order valence-electron chi connectivity index (χ1n) is 11.2. The summed E-state index contributed by atoms with van der Waals surface area (Å²) in [6.45, 7) is 13.0. The van der Waals surface area contributed by atoms with Crippen molar-refractivity contribution in [2.45, 2.75) is 58.4 Å². The summed E-state index contributed by atoms with van der Waals surface area (Å²) in [5.74, 6) is 1.65. The molecule has 0 bridgehead atoms. The number of hydrogen-bond donors (Lipinski definition) is 0. The Labute approximate surface area is 182 Å². The van der Waals surface area contributed by atoms with E-state index in [0.717, 1.165) is 44.7 Å². The zero-order valence-electron chi connectivity index (χ0n) is 18.8. The van der Waals surface area contributed by atoms with Crippen molar-refractivity contribution in [1.29, 1.82) is 0 Å². The Morgan fingerprint density at radius 2 is 2.20 bits per heavy atom. The second-order valence-corrected chi connectivity index (χ2v) is 8.33. The molecule has 1 fully saturated rings. The van der Waals surface area contributed by atoms with Crippen LogP contribution in [0.3, 0.4) is 0 Å². The fourth-order valence-electron chi connectivity index (χ4n) is 4.49. The van der Waals surface area contributed by atoms with Gasteiger partial charge in [-0.1, -0.05) is 49.1 Å². The summed E-state index contributed by atoms with van der Waals surface area (Å²) in [5.41, 5.74) is 5.40. The Bertz CT molecular complexity index is 846. The molecule has 2 heterocycles. The quantitative estimate of drug-likeness (QED) is 0.359. The lowest BCUT2D eigenvalue weighted by Gasteiger charge is -2.25. The molecule has 1 saturated heterocycles. The zero-order chi connectivity index (χ0) is 21.3. The van der Waals surface area contributed by atoms with E-state index in [4.69, 9.17) is 4.74 Å². The molecule has 160 valence electrons. The summed E-state index contributed by atoms with van der Waals surface area (Å²) in [4.78, 5) is 7.20. The average molecular weight is 405 g/mol. The van der Waals surface area contributed by atoms with Gasteiger partial charge in [0.15, 0.2) is 0 Å². The topological polar surface area (TPSA) is 24.8 Å². The number of ether oxygens (including phenoxy) is 1. The summed E-state index contributed by atoms with van der Waals surface area (Å²) in [7, 11) is 0. The molecule has 1 aromatic carbocycles. The van der Waals surface area contributed by atoms with Crippen LogP contribution in [0.25, 0.3) is 0 Å². The van der Waals surface area contributed by atoms with Crippen LogP contribution in [0.5, 0.6) is 5.75 Å². The van der Waals surface area contributed by atoms with Crippen molar-refractivity contribution in [3.8, 4) is 5.75 Å². The van der Waals surface area contributed by atoms with Crippen LogP contribution >= 0.6 is 0 Å². The third-order valence-electron chi connectivity index (χ3n) is 6.20. The van der Waals surface area contributed by atoms with Crippen LogP contribution in [-0.2, 0) is 6.42 Å². The molecule has 30 heavy (non-hydrogen) atoms. The Balaban J connectivity index is 1.74. The van der Waals surface area contributed by atoms with E-state index in [1.807, 2.05) is 31.4 Å². The highest BCUT2D eigenvalue weighted by Gasteiger charge is 2.33. The lowest BCUT2D eigenvalue weighted by molar-refractivity contribution is 0.266. The van der Waals surface area contributed by atoms with Crippen molar-refractivity contribution < 1.29 is 4.74 Å². The number of rotatable bonds is 9. The molecular formula is C27H36N2O. The number of benzene rings is 1. The maximum absolute atomic E-state index is 5.71. The van der Waals surface area contributed by atoms with Crippen molar-refractivity contribution in [3.05, 3.63) is 78.1 Å². The molecule has 3 nitrogen and oxygen atoms in total. The molecule has 2 aliphatic rings. The SMILES string of the molecule is C=C/C=C\C(=C/C)CN1CC(c2ccc3c(c2)CCO3)CC1CCC(C)=N/C=C\C. The highest BCUT2D eigenvalue weighted by atomic mass is 16.5. The van der Waals surface area contributed by atoms with Crippen LogP contribution in [0.4, 0.5) is 0 Å². The van der Waals surface area contributed by atoms with E-state index in [-0.39, 0.29) is 0 Å². The molecule has 2 aliphatic heterocycles. The number of fused-ring (bicyclic) bond motifs is 1. The monoisotopic (exact) mass is 404 g/mol. The van der Waals surface area contributed by atoms with Crippen molar-refractivity contribution >= 4 is 5.71 Å². The highest BCUT2D eigenvalue weighted by Crippen LogP contribution is 2.37. The molecule has 2 unspecified atom stereocenters. The standard InChI is InChI=1S/C27H36N2O/c1-5-8-9-22(7-3)19-29-20-25(18-26(29)12-10-21(4)28-15-6-2)23-11-13-27-24(17-23)14-16-30-27/h5-9,11,13,15,17,25-26H,1,10,12,14,16,18-20H2,2-4H3/b9-8-,15-6-,22-7+,28-21?. The van der Waals surface area contributed by atoms with Crippen molar-refractivity contribution in [2.24, 2.45) is 4.99 Å². The third-order valence-corrected chi connectivity index (χ3v) is 6.20. The fourth-order valence-corrected chi connectivity index (χ4v) is 4.49. The lowest BCUT2D eigenvalue weighted by Crippen LogP contribution is -2.31. The summed E-state index contributed by atoms with van der Waals surface area (Å²) >= 11 is 0. The third kappa shape index (κ3) is 5.82. The first kappa shape index (κ1) is 22.3. The summed E-state index contributed by atoms with van der Waals surface area (Å²) in [6, 6.07) is 7.42. The van der Waals surface area contributed by atoms with Gasteiger partial charge in [-0.2, -0.15) is 0 Å². The second kappa shape index (κ2) is 11.1. The molecular weight excluding hydrogens is 368 g/mol. The second-order valence-electron chi connectivity index (χ2n) is 8.33. The highest BCUT2D eigenvalue weighted by molar-refractivity contribution is 5.82. The van der Waals surface area contributed by atoms with E-state index < -0.39 is 0 Å². The number of nitrogens with zero attached hydrogens (tertiary/aromatic N) is 2. The Morgan fingerprint density at radius 1 is 1.33 bits per heavy atom. The Morgan fingerprint density at radius 3 is 2.97 bits per heavy atom. The molecule has 3 rings (SSSR count). The number of allylic oxidation sites excluding steroid dienone is 4. The molecule has 0 radical (unpaired) electrons. The van der Waals surface area contributed by atoms with Crippen molar-refractivity contribution in [3.63, 3.8) is 0 Å². The van der Waals surface area contributed by atoms with E-state index in [1.54, 1.807) is 0 Å². The number of likely N-dealkylation sites (tertiary alicyclic amines) is 1. The largest absolute Gasteiger partial charge is 0.493 e. The van der Waals surface area contributed by atoms with Gasteiger partial charge in [0.2, 0.25) is 0 Å². The van der Waals surface area contributed by atoms with Gasteiger partial charge in [0.25, 0.3) is 0 Å². The maximum Gasteiger partial charge on any atom is 0.122 e. The van der Waals surface area contributed by atoms with Crippen LogP contribution in [-0.4, -0.2) is 36.3 Å². The van der Waals surface area contributed by atoms with Gasteiger partial charge in [0.1, 0.15) is 5.75 Å². The van der Waals surface area contributed by atoms with E-state index in [1.165, 1.54) is 28.8 Å². The molecule has 2 atom stereocenters. The van der Waals surface area contributed by atoms with Crippen LogP contribution in [0.15, 0.2) is 71.9 Å². The van der Waals surface area contributed by atoms with E-state index in [2.05, 4.69) is 60.7 Å². The van der Waals surface area contributed by atoms with Crippen LogP contribution in [0, 0.1) is 0 Å². The molecule has 0 spiro atoms. The number of hydrogen-bond acceptors (Lipinski definition) is 3. The summed E-state index contributed by atoms with van der Waals surface area (Å²) in [6.07, 6.45) is 16.6. The Hall–Kier alpha value is -2.39. The zero-order valence-corrected chi connectivity index (χ0v) is 18.8. The van der Waals surface area contributed by atoms with E-state index in [9.17, 15) is 0 Å². The normalized spacial score (nSPS) is 22.8. The van der Waals surface area contributed by atoms with Gasteiger partial charge in [-0.05, 0) is 68.7 Å². The van der Waals surface area contributed by atoms with Gasteiger partial charge in [-0.3, -0.25) is 9.89 Å². The van der Waals surface area contributed by atoms with E-state index >= 15 is 0 Å². The molecule has 0 aliphatic carbocycles. The Kier molecular flexibility index (Phi) is 8.27. The van der Waals surface area contributed by atoms with Gasteiger partial charge in [0, 0.05) is 37.5 Å². The first-order valence-corrected chi connectivity index (χ1v) is 11.2. The molecule has 0 aromatic heterocycles. The predicted molar refractivity (Wildman–Crippen MR) is 129 cm³/mol. The predicted octanol–water partition coefficient (Wildman–Crippen LogP) is 6.24. The first-order chi connectivity index (χ1) is 14.6. The van der Waals surface area contributed by atoms with Crippen molar-refractivity contribution in [1.82, 2.24) is 4.90 Å². The molecule has 1 aromatic rings. The fraction of sp³-hybridized carbons (Fsp3) is 0.444. The molecule has 0 amide bonds. The summed E-state index contributed by atoms with van der Waals surface area (Å²) < 4.78 is 5.71. The molecule has 0 saturated carbocycles. The summed E-state index contributed by atoms with van der Waals surface area (Å²) in [5, 5.41) is 0. The minimum absolute atomic E-state index is 0.572. The van der Waals surface area contributed by atoms with Gasteiger partial charge in [-0.15, -0.1) is 0 Å². The molecule has 3 heteroatoms. The van der Waals surface area contributed by atoms with E-state index in [0.29, 0.717) is 12.0 Å². The van der Waals surface area contributed by atoms with Crippen LogP contribution in [0.1, 0.15) is 57.1 Å². The van der Waals surface area contributed by atoms with Gasteiger partial charge in [-0.25, -0.2) is 0 Å². The van der Waals surface area contributed by atoms with Crippen LogP contribution in [0.2, 0.25) is 0 Å². The van der Waals surface area contributed by atoms with Gasteiger partial charge < -0.3 is 4.74 Å². The number of aliphatic imine (C=N–C) groups is 1.